The van der Waals surface area contributed by atoms with E-state index >= 15 is 0 Å². The van der Waals surface area contributed by atoms with E-state index in [1.165, 1.54) is 0 Å². The van der Waals surface area contributed by atoms with Crippen molar-refractivity contribution in [3.63, 3.8) is 0 Å². The third-order valence-electron chi connectivity index (χ3n) is 4.39. The third-order valence-corrected chi connectivity index (χ3v) is 4.39. The van der Waals surface area contributed by atoms with Crippen molar-refractivity contribution in [3.05, 3.63) is 65.9 Å². The first kappa shape index (κ1) is 13.9. The molecule has 0 bridgehead atoms. The Morgan fingerprint density at radius 3 is 3.04 bits per heavy atom. The third kappa shape index (κ3) is 2.68. The lowest BCUT2D eigenvalue weighted by Crippen LogP contribution is -2.37. The van der Waals surface area contributed by atoms with Crippen LogP contribution in [0.25, 0.3) is 10.9 Å². The lowest BCUT2D eigenvalue weighted by atomic mass is 9.96. The van der Waals surface area contributed by atoms with Gasteiger partial charge in [-0.2, -0.15) is 0 Å². The first-order valence-corrected chi connectivity index (χ1v) is 7.84. The highest BCUT2D eigenvalue weighted by Gasteiger charge is 2.25. The molecule has 2 heterocycles. The van der Waals surface area contributed by atoms with Crippen molar-refractivity contribution >= 4 is 16.8 Å². The van der Waals surface area contributed by atoms with Gasteiger partial charge in [0.2, 0.25) is 5.91 Å². The van der Waals surface area contributed by atoms with Crippen LogP contribution in [-0.4, -0.2) is 17.5 Å². The Morgan fingerprint density at radius 1 is 1.17 bits per heavy atom. The minimum absolute atomic E-state index is 0.0482. The highest BCUT2D eigenvalue weighted by molar-refractivity contribution is 5.84. The molecule has 4 nitrogen and oxygen atoms in total. The maximum absolute atomic E-state index is 12.5. The van der Waals surface area contributed by atoms with E-state index in [4.69, 9.17) is 4.74 Å². The molecule has 1 aliphatic rings. The van der Waals surface area contributed by atoms with E-state index in [9.17, 15) is 4.79 Å². The van der Waals surface area contributed by atoms with E-state index in [1.807, 2.05) is 54.7 Å². The molecule has 0 spiro atoms. The molecule has 4 heteroatoms. The van der Waals surface area contributed by atoms with Crippen LogP contribution < -0.4 is 10.1 Å². The number of ether oxygens (including phenoxy) is 1. The van der Waals surface area contributed by atoms with Gasteiger partial charge in [0.05, 0.1) is 5.92 Å². The van der Waals surface area contributed by atoms with E-state index in [0.717, 1.165) is 34.2 Å². The first-order valence-electron chi connectivity index (χ1n) is 7.84. The highest BCUT2D eigenvalue weighted by atomic mass is 16.5. The molecule has 23 heavy (non-hydrogen) atoms. The van der Waals surface area contributed by atoms with Crippen LogP contribution in [0.4, 0.5) is 0 Å². The number of nitrogens with one attached hydrogen (secondary N) is 2. The summed E-state index contributed by atoms with van der Waals surface area (Å²) in [5.74, 6) is 0.816. The molecule has 2 aromatic carbocycles. The summed E-state index contributed by atoms with van der Waals surface area (Å²) in [6.45, 7) is 0.976. The minimum atomic E-state index is -0.129. The second-order valence-corrected chi connectivity index (χ2v) is 5.89. The Bertz CT molecular complexity index is 853. The van der Waals surface area contributed by atoms with E-state index in [1.54, 1.807) is 0 Å². The first-order chi connectivity index (χ1) is 11.3. The Balaban J connectivity index is 1.44. The monoisotopic (exact) mass is 306 g/mol. The van der Waals surface area contributed by atoms with E-state index in [2.05, 4.69) is 10.3 Å². The lowest BCUT2D eigenvalue weighted by molar-refractivity contribution is -0.126. The van der Waals surface area contributed by atoms with Gasteiger partial charge in [-0.15, -0.1) is 0 Å². The number of fused-ring (bicyclic) bond motifs is 2. The van der Waals surface area contributed by atoms with E-state index in [0.29, 0.717) is 13.2 Å². The number of amides is 1. The number of carbonyl (C=O) groups is 1. The Labute approximate surface area is 134 Å². The normalized spacial score (nSPS) is 16.6. The van der Waals surface area contributed by atoms with Crippen molar-refractivity contribution in [2.45, 2.75) is 13.0 Å². The van der Waals surface area contributed by atoms with Crippen molar-refractivity contribution in [2.24, 2.45) is 5.92 Å². The molecule has 0 aliphatic carbocycles. The highest BCUT2D eigenvalue weighted by Crippen LogP contribution is 2.27. The van der Waals surface area contributed by atoms with Gasteiger partial charge < -0.3 is 15.0 Å². The summed E-state index contributed by atoms with van der Waals surface area (Å²) < 4.78 is 5.70. The van der Waals surface area contributed by atoms with Crippen LogP contribution in [-0.2, 0) is 17.8 Å². The summed E-state index contributed by atoms with van der Waals surface area (Å²) in [5, 5.41) is 4.20. The zero-order valence-corrected chi connectivity index (χ0v) is 12.7. The Morgan fingerprint density at radius 2 is 2.09 bits per heavy atom. The van der Waals surface area contributed by atoms with Gasteiger partial charge in [-0.25, -0.2) is 0 Å². The zero-order valence-electron chi connectivity index (χ0n) is 12.7. The van der Waals surface area contributed by atoms with Crippen molar-refractivity contribution in [2.75, 3.05) is 6.61 Å². The zero-order chi connectivity index (χ0) is 15.6. The van der Waals surface area contributed by atoms with Crippen LogP contribution >= 0.6 is 0 Å². The molecule has 0 unspecified atom stereocenters. The number of benzene rings is 2. The molecule has 3 aromatic rings. The predicted molar refractivity (Wildman–Crippen MR) is 89.3 cm³/mol. The van der Waals surface area contributed by atoms with Gasteiger partial charge in [-0.1, -0.05) is 30.3 Å². The SMILES string of the molecule is O=C(NCc1cccc2[nH]ccc12)[C@@H]1COc2ccccc2C1. The lowest BCUT2D eigenvalue weighted by Gasteiger charge is -2.24. The fourth-order valence-corrected chi connectivity index (χ4v) is 3.13. The molecule has 0 fully saturated rings. The number of hydrogen-bond acceptors (Lipinski definition) is 2. The second kappa shape index (κ2) is 5.80. The van der Waals surface area contributed by atoms with Crippen molar-refractivity contribution in [1.29, 1.82) is 0 Å². The number of aromatic amines is 1. The van der Waals surface area contributed by atoms with Gasteiger partial charge in [0.15, 0.2) is 0 Å². The van der Waals surface area contributed by atoms with Gasteiger partial charge >= 0.3 is 0 Å². The molecular weight excluding hydrogens is 288 g/mol. The number of H-pyrrole nitrogens is 1. The topological polar surface area (TPSA) is 54.1 Å². The second-order valence-electron chi connectivity index (χ2n) is 5.89. The van der Waals surface area contributed by atoms with Gasteiger partial charge in [0.1, 0.15) is 12.4 Å². The molecule has 1 aromatic heterocycles. The van der Waals surface area contributed by atoms with Crippen molar-refractivity contribution in [3.8, 4) is 5.75 Å². The molecule has 1 atom stereocenters. The summed E-state index contributed by atoms with van der Waals surface area (Å²) in [6, 6.07) is 16.0. The molecule has 1 aliphatic heterocycles. The van der Waals surface area contributed by atoms with E-state index in [-0.39, 0.29) is 11.8 Å². The van der Waals surface area contributed by atoms with Gasteiger partial charge in [0, 0.05) is 23.6 Å². The van der Waals surface area contributed by atoms with Crippen LogP contribution in [0.15, 0.2) is 54.7 Å². The molecule has 0 radical (unpaired) electrons. The summed E-state index contributed by atoms with van der Waals surface area (Å²) in [7, 11) is 0. The summed E-state index contributed by atoms with van der Waals surface area (Å²) in [6.07, 6.45) is 2.65. The quantitative estimate of drug-likeness (QED) is 0.781. The number of para-hydroxylation sites is 1. The number of rotatable bonds is 3. The van der Waals surface area contributed by atoms with Crippen LogP contribution in [0.3, 0.4) is 0 Å². The van der Waals surface area contributed by atoms with Crippen molar-refractivity contribution in [1.82, 2.24) is 10.3 Å². The van der Waals surface area contributed by atoms with Crippen LogP contribution in [0.1, 0.15) is 11.1 Å². The number of aromatic nitrogens is 1. The molecule has 2 N–H and O–H groups in total. The van der Waals surface area contributed by atoms with Crippen LogP contribution in [0.2, 0.25) is 0 Å². The predicted octanol–water partition coefficient (Wildman–Crippen LogP) is 3.04. The Hall–Kier alpha value is -2.75. The molecule has 4 rings (SSSR count). The number of hydrogen-bond donors (Lipinski definition) is 2. The van der Waals surface area contributed by atoms with E-state index < -0.39 is 0 Å². The number of carbonyl (C=O) groups excluding carboxylic acids is 1. The smallest absolute Gasteiger partial charge is 0.227 e. The maximum atomic E-state index is 12.5. The summed E-state index contributed by atoms with van der Waals surface area (Å²) >= 11 is 0. The summed E-state index contributed by atoms with van der Waals surface area (Å²) in [5.41, 5.74) is 3.31. The van der Waals surface area contributed by atoms with Gasteiger partial charge in [-0.3, -0.25) is 4.79 Å². The molecular formula is C19H18N2O2. The largest absolute Gasteiger partial charge is 0.492 e. The minimum Gasteiger partial charge on any atom is -0.492 e. The molecule has 1 amide bonds. The fraction of sp³-hybridized carbons (Fsp3) is 0.211. The van der Waals surface area contributed by atoms with Crippen LogP contribution in [0.5, 0.6) is 5.75 Å². The van der Waals surface area contributed by atoms with Crippen LogP contribution in [0, 0.1) is 5.92 Å². The van der Waals surface area contributed by atoms with Gasteiger partial charge in [0.25, 0.3) is 0 Å². The molecule has 0 saturated heterocycles. The standard InChI is InChI=1S/C19H18N2O2/c22-19(15-10-13-4-1-2-7-18(13)23-12-15)21-11-14-5-3-6-17-16(14)8-9-20-17/h1-9,15,20H,10-12H2,(H,21,22)/t15-/m0/s1. The summed E-state index contributed by atoms with van der Waals surface area (Å²) in [4.78, 5) is 15.6. The maximum Gasteiger partial charge on any atom is 0.227 e. The van der Waals surface area contributed by atoms with Gasteiger partial charge in [-0.05, 0) is 35.7 Å². The fourth-order valence-electron chi connectivity index (χ4n) is 3.13. The Kier molecular flexibility index (Phi) is 3.50. The molecule has 116 valence electrons. The van der Waals surface area contributed by atoms with Crippen molar-refractivity contribution < 1.29 is 9.53 Å². The average Bonchev–Trinajstić information content (AvgIpc) is 3.08. The average molecular weight is 306 g/mol. The molecule has 0 saturated carbocycles.